The minimum absolute atomic E-state index is 0.0432. The van der Waals surface area contributed by atoms with Crippen molar-refractivity contribution in [2.45, 2.75) is 6.92 Å². The number of phenolic OH excluding ortho intramolecular Hbond substituents is 1. The molecule has 0 bridgehead atoms. The Kier molecular flexibility index (Phi) is 6.03. The summed E-state index contributed by atoms with van der Waals surface area (Å²) in [4.78, 5) is 12.2. The molecule has 0 aliphatic carbocycles. The van der Waals surface area contributed by atoms with Crippen LogP contribution in [0.2, 0.25) is 5.02 Å². The minimum Gasteiger partial charge on any atom is -0.504 e. The highest BCUT2D eigenvalue weighted by atomic mass is 35.5. The molecule has 0 spiro atoms. The Morgan fingerprint density at radius 1 is 1.29 bits per heavy atom. The Bertz CT molecular complexity index is 762. The molecule has 0 aliphatic heterocycles. The van der Waals surface area contributed by atoms with Crippen LogP contribution in [-0.2, 0) is 0 Å². The van der Waals surface area contributed by atoms with E-state index in [9.17, 15) is 9.90 Å². The number of carbonyl (C=O) groups excluding carboxylic acids is 1. The van der Waals surface area contributed by atoms with Crippen LogP contribution in [0.5, 0.6) is 17.2 Å². The Morgan fingerprint density at radius 2 is 2.08 bits per heavy atom. The van der Waals surface area contributed by atoms with E-state index in [4.69, 9.17) is 21.1 Å². The summed E-state index contributed by atoms with van der Waals surface area (Å²) in [5.74, 6) is 0.343. The van der Waals surface area contributed by atoms with Gasteiger partial charge < -0.3 is 14.6 Å². The summed E-state index contributed by atoms with van der Waals surface area (Å²) in [6.45, 7) is 2.25. The molecule has 2 aromatic carbocycles. The fourth-order valence-electron chi connectivity index (χ4n) is 1.97. The zero-order valence-corrected chi connectivity index (χ0v) is 14.0. The van der Waals surface area contributed by atoms with Crippen LogP contribution < -0.4 is 14.9 Å². The molecule has 0 heterocycles. The number of hydrogen-bond acceptors (Lipinski definition) is 5. The standard InChI is InChI=1S/C17H17ClN2O4/c1-3-24-16-8-11(4-6-14(16)21)10-19-20-17(22)13-9-12(18)5-7-15(13)23-2/h4-10,21H,3H2,1-2H3,(H,20,22)/b19-10+. The molecule has 2 aromatic rings. The summed E-state index contributed by atoms with van der Waals surface area (Å²) >= 11 is 5.90. The van der Waals surface area contributed by atoms with E-state index in [1.165, 1.54) is 25.5 Å². The van der Waals surface area contributed by atoms with Crippen molar-refractivity contribution < 1.29 is 19.4 Å². The second-order valence-electron chi connectivity index (χ2n) is 4.70. The van der Waals surface area contributed by atoms with Crippen LogP contribution in [-0.4, -0.2) is 30.9 Å². The van der Waals surface area contributed by atoms with Crippen LogP contribution in [0.3, 0.4) is 0 Å². The van der Waals surface area contributed by atoms with Crippen LogP contribution in [0.15, 0.2) is 41.5 Å². The van der Waals surface area contributed by atoms with Crippen molar-refractivity contribution >= 4 is 23.7 Å². The van der Waals surface area contributed by atoms with Gasteiger partial charge in [-0.15, -0.1) is 0 Å². The lowest BCUT2D eigenvalue weighted by atomic mass is 10.2. The van der Waals surface area contributed by atoms with Crippen LogP contribution in [0, 0.1) is 0 Å². The average Bonchev–Trinajstić information content (AvgIpc) is 2.57. The van der Waals surface area contributed by atoms with Gasteiger partial charge in [0.1, 0.15) is 5.75 Å². The molecule has 126 valence electrons. The van der Waals surface area contributed by atoms with E-state index in [0.29, 0.717) is 28.7 Å². The first kappa shape index (κ1) is 17.6. The number of benzene rings is 2. The van der Waals surface area contributed by atoms with Gasteiger partial charge in [0, 0.05) is 5.02 Å². The molecule has 24 heavy (non-hydrogen) atoms. The number of carbonyl (C=O) groups is 1. The SMILES string of the molecule is CCOc1cc(/C=N/NC(=O)c2cc(Cl)ccc2OC)ccc1O. The molecule has 0 radical (unpaired) electrons. The van der Waals surface area contributed by atoms with E-state index in [1.54, 1.807) is 24.3 Å². The first-order valence-corrected chi connectivity index (χ1v) is 7.55. The van der Waals surface area contributed by atoms with Gasteiger partial charge in [-0.3, -0.25) is 4.79 Å². The van der Waals surface area contributed by atoms with Crippen LogP contribution in [0.4, 0.5) is 0 Å². The van der Waals surface area contributed by atoms with Crippen molar-refractivity contribution in [2.75, 3.05) is 13.7 Å². The molecule has 1 amide bonds. The number of rotatable bonds is 6. The smallest absolute Gasteiger partial charge is 0.275 e. The normalized spacial score (nSPS) is 10.6. The zero-order chi connectivity index (χ0) is 17.5. The highest BCUT2D eigenvalue weighted by Gasteiger charge is 2.12. The van der Waals surface area contributed by atoms with Crippen molar-refractivity contribution in [1.82, 2.24) is 5.43 Å². The highest BCUT2D eigenvalue weighted by Crippen LogP contribution is 2.26. The molecule has 0 atom stereocenters. The third kappa shape index (κ3) is 4.39. The van der Waals surface area contributed by atoms with Crippen molar-refractivity contribution in [3.05, 3.63) is 52.5 Å². The molecule has 6 nitrogen and oxygen atoms in total. The molecule has 0 aromatic heterocycles. The Morgan fingerprint density at radius 3 is 2.79 bits per heavy atom. The molecular weight excluding hydrogens is 332 g/mol. The predicted octanol–water partition coefficient (Wildman–Crippen LogP) is 3.22. The molecule has 0 fully saturated rings. The molecule has 0 unspecified atom stereocenters. The van der Waals surface area contributed by atoms with Gasteiger partial charge in [0.15, 0.2) is 11.5 Å². The van der Waals surface area contributed by atoms with Crippen molar-refractivity contribution in [3.63, 3.8) is 0 Å². The topological polar surface area (TPSA) is 80.2 Å². The van der Waals surface area contributed by atoms with Crippen molar-refractivity contribution in [1.29, 1.82) is 0 Å². The van der Waals surface area contributed by atoms with Crippen molar-refractivity contribution in [2.24, 2.45) is 5.10 Å². The lowest BCUT2D eigenvalue weighted by molar-refractivity contribution is 0.0952. The number of halogens is 1. The van der Waals surface area contributed by atoms with E-state index < -0.39 is 5.91 Å². The molecular formula is C17H17ClN2O4. The average molecular weight is 349 g/mol. The number of hydrogen-bond donors (Lipinski definition) is 2. The number of phenols is 1. The van der Waals surface area contributed by atoms with Gasteiger partial charge in [0.25, 0.3) is 5.91 Å². The second-order valence-corrected chi connectivity index (χ2v) is 5.14. The van der Waals surface area contributed by atoms with E-state index in [1.807, 2.05) is 6.92 Å². The van der Waals surface area contributed by atoms with E-state index >= 15 is 0 Å². The van der Waals surface area contributed by atoms with Gasteiger partial charge in [0.2, 0.25) is 0 Å². The summed E-state index contributed by atoms with van der Waals surface area (Å²) in [7, 11) is 1.47. The number of methoxy groups -OCH3 is 1. The highest BCUT2D eigenvalue weighted by molar-refractivity contribution is 6.31. The van der Waals surface area contributed by atoms with Gasteiger partial charge >= 0.3 is 0 Å². The molecule has 0 saturated carbocycles. The summed E-state index contributed by atoms with van der Waals surface area (Å²) in [5.41, 5.74) is 3.35. The van der Waals surface area contributed by atoms with Gasteiger partial charge in [-0.2, -0.15) is 5.10 Å². The lowest BCUT2D eigenvalue weighted by Gasteiger charge is -2.07. The first-order valence-electron chi connectivity index (χ1n) is 7.18. The summed E-state index contributed by atoms with van der Waals surface area (Å²) in [6.07, 6.45) is 1.44. The van der Waals surface area contributed by atoms with Gasteiger partial charge in [0.05, 0.1) is 25.5 Å². The minimum atomic E-state index is -0.450. The fraction of sp³-hybridized carbons (Fsp3) is 0.176. The van der Waals surface area contributed by atoms with Gasteiger partial charge in [-0.1, -0.05) is 11.6 Å². The Balaban J connectivity index is 2.10. The number of hydrazone groups is 1. The van der Waals surface area contributed by atoms with E-state index in [2.05, 4.69) is 10.5 Å². The first-order chi connectivity index (χ1) is 11.5. The lowest BCUT2D eigenvalue weighted by Crippen LogP contribution is -2.18. The van der Waals surface area contributed by atoms with Gasteiger partial charge in [-0.05, 0) is 48.9 Å². The van der Waals surface area contributed by atoms with Gasteiger partial charge in [-0.25, -0.2) is 5.43 Å². The maximum Gasteiger partial charge on any atom is 0.275 e. The van der Waals surface area contributed by atoms with Crippen molar-refractivity contribution in [3.8, 4) is 17.2 Å². The maximum absolute atomic E-state index is 12.2. The quantitative estimate of drug-likeness (QED) is 0.620. The summed E-state index contributed by atoms with van der Waals surface area (Å²) < 4.78 is 10.4. The number of ether oxygens (including phenoxy) is 2. The summed E-state index contributed by atoms with van der Waals surface area (Å²) in [5, 5.41) is 14.0. The third-order valence-corrected chi connectivity index (χ3v) is 3.30. The summed E-state index contributed by atoms with van der Waals surface area (Å²) in [6, 6.07) is 9.50. The van der Waals surface area contributed by atoms with Crippen LogP contribution >= 0.6 is 11.6 Å². The Hall–Kier alpha value is -2.73. The maximum atomic E-state index is 12.2. The number of amides is 1. The van der Waals surface area contributed by atoms with Crippen LogP contribution in [0.25, 0.3) is 0 Å². The Labute approximate surface area is 144 Å². The molecule has 2 rings (SSSR count). The largest absolute Gasteiger partial charge is 0.504 e. The number of aromatic hydroxyl groups is 1. The number of nitrogens with zero attached hydrogens (tertiary/aromatic N) is 1. The third-order valence-electron chi connectivity index (χ3n) is 3.07. The molecule has 0 saturated heterocycles. The monoisotopic (exact) mass is 348 g/mol. The number of nitrogens with one attached hydrogen (secondary N) is 1. The fourth-order valence-corrected chi connectivity index (χ4v) is 2.14. The van der Waals surface area contributed by atoms with E-state index in [-0.39, 0.29) is 11.3 Å². The molecule has 7 heteroatoms. The molecule has 0 aliphatic rings. The second kappa shape index (κ2) is 8.21. The molecule has 2 N–H and O–H groups in total. The zero-order valence-electron chi connectivity index (χ0n) is 13.2. The predicted molar refractivity (Wildman–Crippen MR) is 92.3 cm³/mol. The van der Waals surface area contributed by atoms with Crippen LogP contribution in [0.1, 0.15) is 22.8 Å². The van der Waals surface area contributed by atoms with E-state index in [0.717, 1.165) is 0 Å².